The monoisotopic (exact) mass is 272 g/mol. The van der Waals surface area contributed by atoms with Gasteiger partial charge in [-0.15, -0.1) is 5.10 Å². The summed E-state index contributed by atoms with van der Waals surface area (Å²) in [5, 5.41) is 22.3. The number of hydrogen-bond acceptors (Lipinski definition) is 4. The van der Waals surface area contributed by atoms with Crippen molar-refractivity contribution in [2.24, 2.45) is 5.92 Å². The van der Waals surface area contributed by atoms with Crippen LogP contribution in [0.5, 0.6) is 0 Å². The van der Waals surface area contributed by atoms with Gasteiger partial charge in [-0.3, -0.25) is 0 Å². The molecule has 1 aliphatic rings. The Bertz CT molecular complexity index is 534. The van der Waals surface area contributed by atoms with Crippen LogP contribution in [0.1, 0.15) is 49.6 Å². The summed E-state index contributed by atoms with van der Waals surface area (Å²) in [5.41, 5.74) is 1.14. The van der Waals surface area contributed by atoms with Crippen molar-refractivity contribution in [1.82, 2.24) is 20.2 Å². The Morgan fingerprint density at radius 1 is 1.15 bits per heavy atom. The van der Waals surface area contributed by atoms with Gasteiger partial charge in [0.25, 0.3) is 0 Å². The Morgan fingerprint density at radius 2 is 1.90 bits per heavy atom. The van der Waals surface area contributed by atoms with Gasteiger partial charge in [-0.05, 0) is 34.7 Å². The van der Waals surface area contributed by atoms with Gasteiger partial charge < -0.3 is 5.11 Å². The SMILES string of the molecule is OC(c1nnnn1Cc1ccccc1)C1CCCCC1. The van der Waals surface area contributed by atoms with Gasteiger partial charge in [0.2, 0.25) is 0 Å². The highest BCUT2D eigenvalue weighted by molar-refractivity contribution is 5.15. The Balaban J connectivity index is 1.75. The van der Waals surface area contributed by atoms with Crippen molar-refractivity contribution >= 4 is 0 Å². The summed E-state index contributed by atoms with van der Waals surface area (Å²) in [4.78, 5) is 0. The Labute approximate surface area is 118 Å². The molecule has 0 radical (unpaired) electrons. The minimum atomic E-state index is -0.547. The van der Waals surface area contributed by atoms with E-state index in [9.17, 15) is 5.11 Å². The van der Waals surface area contributed by atoms with Gasteiger partial charge in [-0.1, -0.05) is 49.6 Å². The molecule has 0 spiro atoms. The maximum absolute atomic E-state index is 10.5. The first kappa shape index (κ1) is 13.2. The number of tetrazole rings is 1. The molecule has 0 aliphatic heterocycles. The van der Waals surface area contributed by atoms with E-state index in [0.717, 1.165) is 18.4 Å². The Hall–Kier alpha value is -1.75. The Kier molecular flexibility index (Phi) is 4.06. The summed E-state index contributed by atoms with van der Waals surface area (Å²) in [6, 6.07) is 10.1. The van der Waals surface area contributed by atoms with Crippen molar-refractivity contribution < 1.29 is 5.11 Å². The van der Waals surface area contributed by atoms with E-state index in [1.54, 1.807) is 4.68 Å². The zero-order valence-electron chi connectivity index (χ0n) is 11.5. The molecule has 1 N–H and O–H groups in total. The van der Waals surface area contributed by atoms with Crippen LogP contribution in [0.4, 0.5) is 0 Å². The lowest BCUT2D eigenvalue weighted by Gasteiger charge is -2.25. The molecule has 1 saturated carbocycles. The quantitative estimate of drug-likeness (QED) is 0.927. The zero-order valence-corrected chi connectivity index (χ0v) is 11.5. The molecule has 1 atom stereocenters. The highest BCUT2D eigenvalue weighted by atomic mass is 16.3. The molecule has 1 aliphatic carbocycles. The summed E-state index contributed by atoms with van der Waals surface area (Å²) in [7, 11) is 0. The molecule has 1 aromatic heterocycles. The molecule has 1 heterocycles. The van der Waals surface area contributed by atoms with Crippen molar-refractivity contribution in [3.8, 4) is 0 Å². The molecule has 3 rings (SSSR count). The number of nitrogens with zero attached hydrogens (tertiary/aromatic N) is 4. The van der Waals surface area contributed by atoms with E-state index in [-0.39, 0.29) is 0 Å². The number of rotatable bonds is 4. The predicted molar refractivity (Wildman–Crippen MR) is 74.9 cm³/mol. The predicted octanol–water partition coefficient (Wildman–Crippen LogP) is 2.34. The molecule has 1 fully saturated rings. The van der Waals surface area contributed by atoms with Crippen LogP contribution in [0.3, 0.4) is 0 Å². The van der Waals surface area contributed by atoms with E-state index in [1.807, 2.05) is 30.3 Å². The lowest BCUT2D eigenvalue weighted by atomic mass is 9.85. The maximum atomic E-state index is 10.5. The van der Waals surface area contributed by atoms with Crippen molar-refractivity contribution in [3.05, 3.63) is 41.7 Å². The van der Waals surface area contributed by atoms with Crippen LogP contribution in [0, 0.1) is 5.92 Å². The third-order valence-electron chi connectivity index (χ3n) is 4.10. The summed E-state index contributed by atoms with van der Waals surface area (Å²) >= 11 is 0. The normalized spacial score (nSPS) is 18.1. The fraction of sp³-hybridized carbons (Fsp3) is 0.533. The Morgan fingerprint density at radius 3 is 2.65 bits per heavy atom. The number of aliphatic hydroxyl groups is 1. The number of hydrogen-bond donors (Lipinski definition) is 1. The van der Waals surface area contributed by atoms with Gasteiger partial charge in [0, 0.05) is 0 Å². The average Bonchev–Trinajstić information content (AvgIpc) is 2.96. The average molecular weight is 272 g/mol. The van der Waals surface area contributed by atoms with Crippen LogP contribution in [0.2, 0.25) is 0 Å². The van der Waals surface area contributed by atoms with Crippen molar-refractivity contribution in [2.45, 2.75) is 44.8 Å². The topological polar surface area (TPSA) is 63.8 Å². The fourth-order valence-electron chi connectivity index (χ4n) is 2.95. The minimum Gasteiger partial charge on any atom is -0.385 e. The highest BCUT2D eigenvalue weighted by Crippen LogP contribution is 2.33. The number of aliphatic hydroxyl groups excluding tert-OH is 1. The molecule has 5 nitrogen and oxygen atoms in total. The van der Waals surface area contributed by atoms with Crippen molar-refractivity contribution in [2.75, 3.05) is 0 Å². The fourth-order valence-corrected chi connectivity index (χ4v) is 2.95. The molecular weight excluding hydrogens is 252 g/mol. The molecule has 0 amide bonds. The van der Waals surface area contributed by atoms with E-state index in [4.69, 9.17) is 0 Å². The van der Waals surface area contributed by atoms with E-state index in [0.29, 0.717) is 18.3 Å². The maximum Gasteiger partial charge on any atom is 0.180 e. The second-order valence-corrected chi connectivity index (χ2v) is 5.52. The van der Waals surface area contributed by atoms with E-state index in [1.165, 1.54) is 19.3 Å². The summed E-state index contributed by atoms with van der Waals surface area (Å²) in [6.45, 7) is 0.604. The van der Waals surface area contributed by atoms with Crippen LogP contribution >= 0.6 is 0 Å². The lowest BCUT2D eigenvalue weighted by Crippen LogP contribution is -2.20. The molecule has 20 heavy (non-hydrogen) atoms. The summed E-state index contributed by atoms with van der Waals surface area (Å²) in [5.74, 6) is 0.894. The molecule has 1 unspecified atom stereocenters. The van der Waals surface area contributed by atoms with Crippen LogP contribution in [0.25, 0.3) is 0 Å². The molecule has 1 aromatic carbocycles. The van der Waals surface area contributed by atoms with Gasteiger partial charge in [-0.25, -0.2) is 4.68 Å². The zero-order chi connectivity index (χ0) is 13.8. The summed E-state index contributed by atoms with van der Waals surface area (Å²) < 4.78 is 1.72. The van der Waals surface area contributed by atoms with Crippen LogP contribution in [-0.4, -0.2) is 25.3 Å². The first-order valence-electron chi connectivity index (χ1n) is 7.32. The molecule has 0 bridgehead atoms. The molecule has 2 aromatic rings. The van der Waals surface area contributed by atoms with Gasteiger partial charge in [0.15, 0.2) is 5.82 Å². The smallest absolute Gasteiger partial charge is 0.180 e. The third kappa shape index (κ3) is 2.88. The lowest BCUT2D eigenvalue weighted by molar-refractivity contribution is 0.0731. The largest absolute Gasteiger partial charge is 0.385 e. The van der Waals surface area contributed by atoms with Crippen LogP contribution < -0.4 is 0 Å². The third-order valence-corrected chi connectivity index (χ3v) is 4.10. The van der Waals surface area contributed by atoms with Gasteiger partial charge >= 0.3 is 0 Å². The van der Waals surface area contributed by atoms with Gasteiger partial charge in [0.05, 0.1) is 6.54 Å². The van der Waals surface area contributed by atoms with E-state index >= 15 is 0 Å². The molecule has 5 heteroatoms. The first-order valence-corrected chi connectivity index (χ1v) is 7.32. The van der Waals surface area contributed by atoms with Gasteiger partial charge in [0.1, 0.15) is 6.10 Å². The van der Waals surface area contributed by atoms with Crippen LogP contribution in [-0.2, 0) is 6.54 Å². The second kappa shape index (κ2) is 6.13. The summed E-state index contributed by atoms with van der Waals surface area (Å²) in [6.07, 6.45) is 5.26. The molecule has 0 saturated heterocycles. The highest BCUT2D eigenvalue weighted by Gasteiger charge is 2.27. The van der Waals surface area contributed by atoms with E-state index < -0.39 is 6.10 Å². The second-order valence-electron chi connectivity index (χ2n) is 5.52. The number of aromatic nitrogens is 4. The van der Waals surface area contributed by atoms with Crippen LogP contribution in [0.15, 0.2) is 30.3 Å². The van der Waals surface area contributed by atoms with Gasteiger partial charge in [-0.2, -0.15) is 0 Å². The first-order chi connectivity index (χ1) is 9.84. The minimum absolute atomic E-state index is 0.296. The number of benzene rings is 1. The molecular formula is C15H20N4O. The molecule has 106 valence electrons. The standard InChI is InChI=1S/C15H20N4O/c20-14(13-9-5-2-6-10-13)15-16-17-18-19(15)11-12-7-3-1-4-8-12/h1,3-4,7-8,13-14,20H,2,5-6,9-11H2. The van der Waals surface area contributed by atoms with E-state index in [2.05, 4.69) is 15.5 Å². The van der Waals surface area contributed by atoms with Crippen molar-refractivity contribution in [1.29, 1.82) is 0 Å². The van der Waals surface area contributed by atoms with Crippen molar-refractivity contribution in [3.63, 3.8) is 0 Å².